The second-order valence-corrected chi connectivity index (χ2v) is 6.43. The van der Waals surface area contributed by atoms with Crippen LogP contribution in [0.15, 0.2) is 48.5 Å². The predicted octanol–water partition coefficient (Wildman–Crippen LogP) is 5.42. The van der Waals surface area contributed by atoms with E-state index < -0.39 is 0 Å². The first-order chi connectivity index (χ1) is 10.3. The molecule has 0 aliphatic heterocycles. The molecule has 108 valence electrons. The molecular formula is C18H20N2S. The van der Waals surface area contributed by atoms with Crippen LogP contribution in [0.3, 0.4) is 0 Å². The van der Waals surface area contributed by atoms with Gasteiger partial charge in [-0.2, -0.15) is 0 Å². The number of thiazole rings is 1. The Labute approximate surface area is 129 Å². The Balaban J connectivity index is 1.78. The van der Waals surface area contributed by atoms with E-state index in [-0.39, 0.29) is 0 Å². The molecule has 0 aliphatic rings. The maximum absolute atomic E-state index is 4.66. The van der Waals surface area contributed by atoms with Gasteiger partial charge in [0.15, 0.2) is 5.13 Å². The first-order valence-corrected chi connectivity index (χ1v) is 8.26. The summed E-state index contributed by atoms with van der Waals surface area (Å²) >= 11 is 1.74. The number of hydrogen-bond acceptors (Lipinski definition) is 3. The summed E-state index contributed by atoms with van der Waals surface area (Å²) in [6.07, 6.45) is 1.17. The lowest BCUT2D eigenvalue weighted by Crippen LogP contribution is -1.97. The van der Waals surface area contributed by atoms with E-state index in [0.717, 1.165) is 17.2 Å². The molecule has 0 radical (unpaired) electrons. The number of nitrogens with zero attached hydrogens (tertiary/aromatic N) is 1. The Morgan fingerprint density at radius 1 is 1.14 bits per heavy atom. The first-order valence-electron chi connectivity index (χ1n) is 7.44. The number of nitrogens with one attached hydrogen (secondary N) is 1. The second-order valence-electron chi connectivity index (χ2n) is 5.39. The molecule has 21 heavy (non-hydrogen) atoms. The van der Waals surface area contributed by atoms with Gasteiger partial charge in [0.1, 0.15) is 0 Å². The van der Waals surface area contributed by atoms with Crippen molar-refractivity contribution in [2.24, 2.45) is 0 Å². The molecule has 3 rings (SSSR count). The second kappa shape index (κ2) is 6.27. The summed E-state index contributed by atoms with van der Waals surface area (Å²) in [7, 11) is 0. The van der Waals surface area contributed by atoms with Crippen LogP contribution in [-0.4, -0.2) is 4.98 Å². The van der Waals surface area contributed by atoms with Crippen LogP contribution in [0, 0.1) is 0 Å². The van der Waals surface area contributed by atoms with Crippen molar-refractivity contribution in [3.8, 4) is 0 Å². The SMILES string of the molecule is CCC(C)c1ccc2nc(NCc3ccccc3)sc2c1. The van der Waals surface area contributed by atoms with Crippen LogP contribution in [-0.2, 0) is 6.54 Å². The van der Waals surface area contributed by atoms with Crippen molar-refractivity contribution < 1.29 is 0 Å². The highest BCUT2D eigenvalue weighted by Crippen LogP contribution is 2.30. The van der Waals surface area contributed by atoms with Gasteiger partial charge in [0.25, 0.3) is 0 Å². The molecule has 3 aromatic rings. The number of benzene rings is 2. The lowest BCUT2D eigenvalue weighted by molar-refractivity contribution is 0.735. The number of rotatable bonds is 5. The van der Waals surface area contributed by atoms with Crippen molar-refractivity contribution >= 4 is 26.7 Å². The van der Waals surface area contributed by atoms with E-state index in [9.17, 15) is 0 Å². The van der Waals surface area contributed by atoms with Gasteiger partial charge in [0.05, 0.1) is 10.2 Å². The summed E-state index contributed by atoms with van der Waals surface area (Å²) in [5.41, 5.74) is 3.77. The molecule has 3 heteroatoms. The molecule has 0 aliphatic carbocycles. The highest BCUT2D eigenvalue weighted by molar-refractivity contribution is 7.22. The third-order valence-corrected chi connectivity index (χ3v) is 4.86. The predicted molar refractivity (Wildman–Crippen MR) is 92.1 cm³/mol. The molecule has 0 fully saturated rings. The van der Waals surface area contributed by atoms with Crippen molar-refractivity contribution in [3.63, 3.8) is 0 Å². The van der Waals surface area contributed by atoms with E-state index in [0.29, 0.717) is 5.92 Å². The third-order valence-electron chi connectivity index (χ3n) is 3.88. The van der Waals surface area contributed by atoms with Gasteiger partial charge >= 0.3 is 0 Å². The molecular weight excluding hydrogens is 276 g/mol. The topological polar surface area (TPSA) is 24.9 Å². The van der Waals surface area contributed by atoms with Crippen LogP contribution in [0.5, 0.6) is 0 Å². The summed E-state index contributed by atoms with van der Waals surface area (Å²) in [4.78, 5) is 4.66. The lowest BCUT2D eigenvalue weighted by Gasteiger charge is -2.07. The zero-order valence-corrected chi connectivity index (χ0v) is 13.3. The van der Waals surface area contributed by atoms with E-state index in [4.69, 9.17) is 0 Å². The molecule has 0 amide bonds. The number of anilines is 1. The van der Waals surface area contributed by atoms with E-state index >= 15 is 0 Å². The van der Waals surface area contributed by atoms with Gasteiger partial charge in [-0.3, -0.25) is 0 Å². The molecule has 1 unspecified atom stereocenters. The molecule has 1 atom stereocenters. The van der Waals surface area contributed by atoms with Gasteiger partial charge in [0.2, 0.25) is 0 Å². The molecule has 1 aromatic heterocycles. The van der Waals surface area contributed by atoms with Crippen molar-refractivity contribution in [1.82, 2.24) is 4.98 Å². The standard InChI is InChI=1S/C18H20N2S/c1-3-13(2)15-9-10-16-17(11-15)21-18(20-16)19-12-14-7-5-4-6-8-14/h4-11,13H,3,12H2,1-2H3,(H,19,20). The fourth-order valence-electron chi connectivity index (χ4n) is 2.33. The molecule has 0 bridgehead atoms. The molecule has 0 saturated carbocycles. The first kappa shape index (κ1) is 14.1. The van der Waals surface area contributed by atoms with Gasteiger partial charge in [-0.05, 0) is 35.6 Å². The minimum Gasteiger partial charge on any atom is -0.357 e. The Kier molecular flexibility index (Phi) is 4.20. The smallest absolute Gasteiger partial charge is 0.184 e. The summed E-state index contributed by atoms with van der Waals surface area (Å²) in [5.74, 6) is 0.609. The highest BCUT2D eigenvalue weighted by atomic mass is 32.1. The zero-order chi connectivity index (χ0) is 14.7. The third kappa shape index (κ3) is 3.24. The highest BCUT2D eigenvalue weighted by Gasteiger charge is 2.07. The Morgan fingerprint density at radius 3 is 2.71 bits per heavy atom. The van der Waals surface area contributed by atoms with Crippen LogP contribution < -0.4 is 5.32 Å². The van der Waals surface area contributed by atoms with Crippen LogP contribution in [0.2, 0.25) is 0 Å². The maximum atomic E-state index is 4.66. The zero-order valence-electron chi connectivity index (χ0n) is 12.5. The number of fused-ring (bicyclic) bond motifs is 1. The lowest BCUT2D eigenvalue weighted by atomic mass is 9.99. The van der Waals surface area contributed by atoms with Gasteiger partial charge in [-0.1, -0.05) is 61.6 Å². The quantitative estimate of drug-likeness (QED) is 0.680. The fraction of sp³-hybridized carbons (Fsp3) is 0.278. The summed E-state index contributed by atoms with van der Waals surface area (Å²) < 4.78 is 1.27. The summed E-state index contributed by atoms with van der Waals surface area (Å²) in [6, 6.07) is 17.1. The van der Waals surface area contributed by atoms with Crippen LogP contribution in [0.1, 0.15) is 37.3 Å². The molecule has 2 aromatic carbocycles. The number of hydrogen-bond donors (Lipinski definition) is 1. The largest absolute Gasteiger partial charge is 0.357 e. The molecule has 2 nitrogen and oxygen atoms in total. The normalized spacial score (nSPS) is 12.5. The summed E-state index contributed by atoms with van der Waals surface area (Å²) in [6.45, 7) is 5.32. The summed E-state index contributed by atoms with van der Waals surface area (Å²) in [5, 5.41) is 4.42. The van der Waals surface area contributed by atoms with Crippen molar-refractivity contribution in [1.29, 1.82) is 0 Å². The van der Waals surface area contributed by atoms with E-state index in [1.165, 1.54) is 22.2 Å². The average molecular weight is 296 g/mol. The van der Waals surface area contributed by atoms with E-state index in [2.05, 4.69) is 66.6 Å². The van der Waals surface area contributed by atoms with Gasteiger partial charge in [0, 0.05) is 6.54 Å². The minimum atomic E-state index is 0.609. The minimum absolute atomic E-state index is 0.609. The van der Waals surface area contributed by atoms with Crippen LogP contribution in [0.4, 0.5) is 5.13 Å². The van der Waals surface area contributed by atoms with Gasteiger partial charge < -0.3 is 5.32 Å². The van der Waals surface area contributed by atoms with Crippen LogP contribution >= 0.6 is 11.3 Å². The van der Waals surface area contributed by atoms with Gasteiger partial charge in [-0.25, -0.2) is 4.98 Å². The Hall–Kier alpha value is -1.87. The average Bonchev–Trinajstić information content (AvgIpc) is 2.95. The maximum Gasteiger partial charge on any atom is 0.184 e. The van der Waals surface area contributed by atoms with E-state index in [1.807, 2.05) is 6.07 Å². The van der Waals surface area contributed by atoms with Crippen LogP contribution in [0.25, 0.3) is 10.2 Å². The fourth-order valence-corrected chi connectivity index (χ4v) is 3.24. The molecule has 0 saturated heterocycles. The molecule has 1 N–H and O–H groups in total. The Bertz CT molecular complexity index is 718. The molecule has 1 heterocycles. The number of aromatic nitrogens is 1. The Morgan fingerprint density at radius 2 is 1.95 bits per heavy atom. The van der Waals surface area contributed by atoms with Crippen molar-refractivity contribution in [3.05, 3.63) is 59.7 Å². The monoisotopic (exact) mass is 296 g/mol. The van der Waals surface area contributed by atoms with Crippen molar-refractivity contribution in [2.45, 2.75) is 32.7 Å². The van der Waals surface area contributed by atoms with Crippen molar-refractivity contribution in [2.75, 3.05) is 5.32 Å². The molecule has 0 spiro atoms. The van der Waals surface area contributed by atoms with E-state index in [1.54, 1.807) is 11.3 Å². The van der Waals surface area contributed by atoms with Gasteiger partial charge in [-0.15, -0.1) is 0 Å².